The van der Waals surface area contributed by atoms with E-state index in [1.165, 1.54) is 17.8 Å². The third kappa shape index (κ3) is 3.60. The number of nitrogens with zero attached hydrogens (tertiary/aromatic N) is 1. The summed E-state index contributed by atoms with van der Waals surface area (Å²) in [4.78, 5) is 15.3. The molecule has 0 spiro atoms. The maximum atomic E-state index is 12.6. The number of hydrogen-bond acceptors (Lipinski definition) is 4. The third-order valence-corrected chi connectivity index (χ3v) is 4.34. The maximum Gasteiger partial charge on any atom is 0.254 e. The highest BCUT2D eigenvalue weighted by Gasteiger charge is 2.29. The van der Waals surface area contributed by atoms with Crippen LogP contribution in [0, 0.1) is 11.8 Å². The van der Waals surface area contributed by atoms with E-state index in [9.17, 15) is 4.79 Å². The minimum atomic E-state index is 0.0557. The van der Waals surface area contributed by atoms with Crippen LogP contribution in [0.5, 0.6) is 0 Å². The van der Waals surface area contributed by atoms with Crippen molar-refractivity contribution in [1.82, 2.24) is 4.90 Å². The predicted octanol–water partition coefficient (Wildman–Crippen LogP) is 1.44. The van der Waals surface area contributed by atoms with E-state index in [4.69, 9.17) is 10.8 Å². The summed E-state index contributed by atoms with van der Waals surface area (Å²) in [5, 5.41) is 10.8. The summed E-state index contributed by atoms with van der Waals surface area (Å²) in [7, 11) is 0. The number of hydrogen-bond donors (Lipinski definition) is 2. The van der Waals surface area contributed by atoms with Crippen LogP contribution in [0.3, 0.4) is 0 Å². The molecule has 1 aromatic rings. The van der Waals surface area contributed by atoms with E-state index in [2.05, 4.69) is 11.8 Å². The van der Waals surface area contributed by atoms with E-state index in [-0.39, 0.29) is 12.5 Å². The molecule has 0 unspecified atom stereocenters. The molecule has 0 radical (unpaired) electrons. The van der Waals surface area contributed by atoms with Crippen molar-refractivity contribution in [2.75, 3.05) is 19.7 Å². The van der Waals surface area contributed by atoms with Crippen molar-refractivity contribution in [3.63, 3.8) is 0 Å². The van der Waals surface area contributed by atoms with Gasteiger partial charge in [0.2, 0.25) is 0 Å². The average molecular weight is 292 g/mol. The zero-order chi connectivity index (χ0) is 14.4. The minimum absolute atomic E-state index is 0.0557. The molecular weight excluding hydrogens is 272 g/mol. The van der Waals surface area contributed by atoms with Gasteiger partial charge in [-0.05, 0) is 31.7 Å². The first kappa shape index (κ1) is 15.0. The largest absolute Gasteiger partial charge is 0.396 e. The Hall–Kier alpha value is -1.35. The Morgan fingerprint density at radius 3 is 2.95 bits per heavy atom. The smallest absolute Gasteiger partial charge is 0.254 e. The van der Waals surface area contributed by atoms with Crippen molar-refractivity contribution in [2.24, 2.45) is 5.73 Å². The molecule has 0 aliphatic heterocycles. The second-order valence-electron chi connectivity index (χ2n) is 4.87. The van der Waals surface area contributed by atoms with E-state index in [1.54, 1.807) is 0 Å². The average Bonchev–Trinajstić information content (AvgIpc) is 2.86. The summed E-state index contributed by atoms with van der Waals surface area (Å²) in [6.07, 6.45) is 3.96. The first-order valence-corrected chi connectivity index (χ1v) is 7.83. The van der Waals surface area contributed by atoms with Crippen molar-refractivity contribution < 1.29 is 9.90 Å². The van der Waals surface area contributed by atoms with Gasteiger partial charge < -0.3 is 15.7 Å². The zero-order valence-electron chi connectivity index (χ0n) is 11.5. The Bertz CT molecular complexity index is 511. The van der Waals surface area contributed by atoms with Crippen LogP contribution >= 0.6 is 11.3 Å². The lowest BCUT2D eigenvalue weighted by Crippen LogP contribution is -2.44. The van der Waals surface area contributed by atoms with E-state index >= 15 is 0 Å². The lowest BCUT2D eigenvalue weighted by molar-refractivity contribution is 0.0563. The third-order valence-electron chi connectivity index (χ3n) is 3.49. The van der Waals surface area contributed by atoms with Crippen molar-refractivity contribution >= 4 is 17.2 Å². The van der Waals surface area contributed by atoms with Gasteiger partial charge in [0.1, 0.15) is 0 Å². The number of rotatable bonds is 5. The van der Waals surface area contributed by atoms with Gasteiger partial charge in [-0.3, -0.25) is 4.79 Å². The predicted molar refractivity (Wildman–Crippen MR) is 80.6 cm³/mol. The lowest BCUT2D eigenvalue weighted by atomic mass is 9.91. The highest BCUT2D eigenvalue weighted by atomic mass is 32.1. The molecule has 0 atom stereocenters. The molecule has 108 valence electrons. The van der Waals surface area contributed by atoms with Crippen molar-refractivity contribution in [3.05, 3.63) is 21.9 Å². The van der Waals surface area contributed by atoms with Crippen LogP contribution in [0.15, 0.2) is 11.4 Å². The molecule has 2 rings (SSSR count). The normalized spacial score (nSPS) is 14.3. The van der Waals surface area contributed by atoms with Crippen molar-refractivity contribution in [3.8, 4) is 11.8 Å². The minimum Gasteiger partial charge on any atom is -0.396 e. The number of aliphatic hydroxyl groups excluding tert-OH is 1. The quantitative estimate of drug-likeness (QED) is 0.807. The molecule has 0 aromatic carbocycles. The highest BCUT2D eigenvalue weighted by molar-refractivity contribution is 7.10. The standard InChI is InChI=1S/C15H20N2O2S/c16-7-2-6-14-10-12(11-20-14)15(19)17(8-3-9-18)13-4-1-5-13/h10-11,13,18H,1,3-5,7-9,16H2. The van der Waals surface area contributed by atoms with E-state index in [0.717, 1.165) is 17.7 Å². The second kappa shape index (κ2) is 7.44. The molecule has 1 aliphatic rings. The first-order valence-electron chi connectivity index (χ1n) is 6.95. The topological polar surface area (TPSA) is 66.6 Å². The zero-order valence-corrected chi connectivity index (χ0v) is 12.3. The van der Waals surface area contributed by atoms with Gasteiger partial charge in [0.25, 0.3) is 5.91 Å². The molecule has 1 heterocycles. The van der Waals surface area contributed by atoms with E-state index in [0.29, 0.717) is 31.1 Å². The van der Waals surface area contributed by atoms with Gasteiger partial charge in [-0.25, -0.2) is 0 Å². The van der Waals surface area contributed by atoms with Crippen LogP contribution < -0.4 is 5.73 Å². The molecule has 1 amide bonds. The van der Waals surface area contributed by atoms with Gasteiger partial charge in [0.05, 0.1) is 17.0 Å². The Kier molecular flexibility index (Phi) is 5.60. The van der Waals surface area contributed by atoms with Gasteiger partial charge in [0, 0.05) is 24.6 Å². The molecule has 4 nitrogen and oxygen atoms in total. The number of carbonyl (C=O) groups excluding carboxylic acids is 1. The van der Waals surface area contributed by atoms with Gasteiger partial charge in [-0.2, -0.15) is 0 Å². The Morgan fingerprint density at radius 1 is 1.55 bits per heavy atom. The molecular formula is C15H20N2O2S. The van der Waals surface area contributed by atoms with Gasteiger partial charge in [-0.1, -0.05) is 11.8 Å². The Morgan fingerprint density at radius 2 is 2.35 bits per heavy atom. The first-order chi connectivity index (χ1) is 9.76. The van der Waals surface area contributed by atoms with E-state index in [1.807, 2.05) is 16.3 Å². The number of nitrogens with two attached hydrogens (primary N) is 1. The molecule has 1 aliphatic carbocycles. The van der Waals surface area contributed by atoms with Gasteiger partial charge >= 0.3 is 0 Å². The fraction of sp³-hybridized carbons (Fsp3) is 0.533. The fourth-order valence-electron chi connectivity index (χ4n) is 2.21. The van der Waals surface area contributed by atoms with Crippen molar-refractivity contribution in [2.45, 2.75) is 31.7 Å². The molecule has 20 heavy (non-hydrogen) atoms. The lowest BCUT2D eigenvalue weighted by Gasteiger charge is -2.37. The molecule has 3 N–H and O–H groups in total. The molecule has 1 aromatic heterocycles. The van der Waals surface area contributed by atoms with Crippen LogP contribution in [0.1, 0.15) is 40.9 Å². The number of thiophene rings is 1. The summed E-state index contributed by atoms with van der Waals surface area (Å²) in [5.41, 5.74) is 6.04. The summed E-state index contributed by atoms with van der Waals surface area (Å²) in [5.74, 6) is 5.80. The van der Waals surface area contributed by atoms with Crippen LogP contribution in [0.2, 0.25) is 0 Å². The van der Waals surface area contributed by atoms with Crippen LogP contribution in [-0.2, 0) is 0 Å². The molecule has 1 saturated carbocycles. The molecule has 1 fully saturated rings. The fourth-order valence-corrected chi connectivity index (χ4v) is 2.96. The number of amides is 1. The summed E-state index contributed by atoms with van der Waals surface area (Å²) in [6.45, 7) is 1.07. The van der Waals surface area contributed by atoms with Crippen LogP contribution in [-0.4, -0.2) is 41.7 Å². The molecule has 5 heteroatoms. The summed E-state index contributed by atoms with van der Waals surface area (Å²) >= 11 is 1.47. The van der Waals surface area contributed by atoms with Gasteiger partial charge in [0.15, 0.2) is 0 Å². The van der Waals surface area contributed by atoms with Crippen LogP contribution in [0.4, 0.5) is 0 Å². The van der Waals surface area contributed by atoms with E-state index < -0.39 is 0 Å². The maximum absolute atomic E-state index is 12.6. The molecule has 0 bridgehead atoms. The summed E-state index contributed by atoms with van der Waals surface area (Å²) in [6, 6.07) is 2.17. The Labute approximate surface area is 123 Å². The highest BCUT2D eigenvalue weighted by Crippen LogP contribution is 2.27. The van der Waals surface area contributed by atoms with Crippen molar-refractivity contribution in [1.29, 1.82) is 0 Å². The number of carbonyl (C=O) groups is 1. The summed E-state index contributed by atoms with van der Waals surface area (Å²) < 4.78 is 0. The Balaban J connectivity index is 2.07. The second-order valence-corrected chi connectivity index (χ2v) is 5.78. The van der Waals surface area contributed by atoms with Crippen LogP contribution in [0.25, 0.3) is 0 Å². The monoisotopic (exact) mass is 292 g/mol. The van der Waals surface area contributed by atoms with Gasteiger partial charge in [-0.15, -0.1) is 11.3 Å². The number of aliphatic hydroxyl groups is 1. The molecule has 0 saturated heterocycles. The SMILES string of the molecule is NCC#Cc1cc(C(=O)N(CCCO)C2CCC2)cs1.